The van der Waals surface area contributed by atoms with Gasteiger partial charge in [0.15, 0.2) is 0 Å². The van der Waals surface area contributed by atoms with Gasteiger partial charge in [-0.05, 0) is 26.3 Å². The van der Waals surface area contributed by atoms with Crippen LogP contribution in [0.3, 0.4) is 0 Å². The number of aromatic nitrogens is 3. The van der Waals surface area contributed by atoms with Gasteiger partial charge in [0, 0.05) is 42.6 Å². The Balaban J connectivity index is 1.25. The number of aryl methyl sites for hydroxylation is 3. The molecule has 2 saturated heterocycles. The largest absolute Gasteiger partial charge is 0.371 e. The van der Waals surface area contributed by atoms with Gasteiger partial charge < -0.3 is 4.74 Å². The number of thiazole rings is 1. The molecule has 2 fully saturated rings. The summed E-state index contributed by atoms with van der Waals surface area (Å²) in [5.74, 6) is 1.11. The minimum absolute atomic E-state index is 0.373. The van der Waals surface area contributed by atoms with E-state index >= 15 is 0 Å². The van der Waals surface area contributed by atoms with Crippen LogP contribution < -0.4 is 0 Å². The third-order valence-electron chi connectivity index (χ3n) is 4.82. The quantitative estimate of drug-likeness (QED) is 0.816. The van der Waals surface area contributed by atoms with Crippen LogP contribution in [0.2, 0.25) is 0 Å². The van der Waals surface area contributed by atoms with E-state index in [2.05, 4.69) is 45.1 Å². The highest BCUT2D eigenvalue weighted by atomic mass is 32.2. The normalized spacial score (nSPS) is 23.0. The van der Waals surface area contributed by atoms with Crippen molar-refractivity contribution in [1.82, 2.24) is 19.7 Å². The average molecular weight is 365 g/mol. The summed E-state index contributed by atoms with van der Waals surface area (Å²) in [5.41, 5.74) is 3.48. The Kier molecular flexibility index (Phi) is 4.45. The fourth-order valence-electron chi connectivity index (χ4n) is 3.73. The third-order valence-corrected chi connectivity index (χ3v) is 7.21. The lowest BCUT2D eigenvalue weighted by atomic mass is 9.93. The number of nitrogens with zero attached hydrogens (tertiary/aromatic N) is 4. The highest BCUT2D eigenvalue weighted by molar-refractivity contribution is 8.01. The molecule has 0 radical (unpaired) electrons. The number of thioether (sulfide) groups is 1. The Hall–Kier alpha value is -0.890. The lowest BCUT2D eigenvalue weighted by molar-refractivity contribution is 0.0247. The van der Waals surface area contributed by atoms with E-state index in [1.54, 1.807) is 11.3 Å². The molecule has 0 saturated carbocycles. The first kappa shape index (κ1) is 16.6. The zero-order chi connectivity index (χ0) is 16.7. The topological polar surface area (TPSA) is 43.2 Å². The molecule has 2 aliphatic rings. The van der Waals surface area contributed by atoms with Gasteiger partial charge in [0.1, 0.15) is 0 Å². The molecule has 0 unspecified atom stereocenters. The zero-order valence-electron chi connectivity index (χ0n) is 14.5. The zero-order valence-corrected chi connectivity index (χ0v) is 16.1. The number of ether oxygens (including phenoxy) is 1. The minimum atomic E-state index is 0.373. The fraction of sp³-hybridized carbons (Fsp3) is 0.647. The molecule has 0 N–H and O–H groups in total. The van der Waals surface area contributed by atoms with Crippen molar-refractivity contribution >= 4 is 23.1 Å². The number of hydrogen-bond donors (Lipinski definition) is 0. The first-order chi connectivity index (χ1) is 11.5. The molecule has 5 nitrogen and oxygen atoms in total. The molecule has 2 aromatic rings. The van der Waals surface area contributed by atoms with E-state index in [9.17, 15) is 0 Å². The second kappa shape index (κ2) is 6.44. The van der Waals surface area contributed by atoms with Gasteiger partial charge in [-0.2, -0.15) is 5.10 Å². The monoisotopic (exact) mass is 364 g/mol. The minimum Gasteiger partial charge on any atom is -0.371 e. The first-order valence-corrected chi connectivity index (χ1v) is 10.3. The summed E-state index contributed by atoms with van der Waals surface area (Å²) in [4.78, 5) is 7.00. The molecular weight excluding hydrogens is 340 g/mol. The molecule has 0 aromatic carbocycles. The maximum atomic E-state index is 6.10. The van der Waals surface area contributed by atoms with Gasteiger partial charge in [0.2, 0.25) is 0 Å². The average Bonchev–Trinajstić information content (AvgIpc) is 3.17. The standard InChI is InChI=1S/C17H24N4OS2/c1-12-4-15(20(3)19-12)6-21-10-17(11-21)5-16(9-24-17)22-7-14-8-23-13(2)18-14/h4,8,16H,5-7,9-11H2,1-3H3/t16-/m1/s1. The summed E-state index contributed by atoms with van der Waals surface area (Å²) in [6, 6.07) is 2.19. The molecule has 4 heterocycles. The Morgan fingerprint density at radius 3 is 2.88 bits per heavy atom. The van der Waals surface area contributed by atoms with E-state index in [0.717, 1.165) is 41.8 Å². The van der Waals surface area contributed by atoms with Crippen LogP contribution in [0.5, 0.6) is 0 Å². The second-order valence-electron chi connectivity index (χ2n) is 7.03. The molecule has 2 aliphatic heterocycles. The van der Waals surface area contributed by atoms with Crippen molar-refractivity contribution in [2.24, 2.45) is 7.05 Å². The van der Waals surface area contributed by atoms with Gasteiger partial charge in [-0.25, -0.2) is 4.98 Å². The smallest absolute Gasteiger partial charge is 0.0900 e. The number of hydrogen-bond acceptors (Lipinski definition) is 6. The van der Waals surface area contributed by atoms with E-state index in [-0.39, 0.29) is 0 Å². The third kappa shape index (κ3) is 3.40. The first-order valence-electron chi connectivity index (χ1n) is 8.40. The van der Waals surface area contributed by atoms with E-state index in [4.69, 9.17) is 4.74 Å². The van der Waals surface area contributed by atoms with Gasteiger partial charge in [-0.3, -0.25) is 9.58 Å². The molecule has 2 aromatic heterocycles. The van der Waals surface area contributed by atoms with E-state index in [0.29, 0.717) is 17.5 Å². The van der Waals surface area contributed by atoms with Crippen molar-refractivity contribution in [1.29, 1.82) is 0 Å². The number of rotatable bonds is 5. The van der Waals surface area contributed by atoms with E-state index in [1.165, 1.54) is 12.1 Å². The Bertz CT molecular complexity index is 720. The SMILES string of the molecule is Cc1cc(CN2CC3(C[C@@H](OCc4csc(C)n4)CS3)C2)n(C)n1. The Morgan fingerprint density at radius 1 is 1.38 bits per heavy atom. The Morgan fingerprint density at radius 2 is 2.21 bits per heavy atom. The highest BCUT2D eigenvalue weighted by Crippen LogP contribution is 2.46. The maximum absolute atomic E-state index is 6.10. The maximum Gasteiger partial charge on any atom is 0.0900 e. The van der Waals surface area contributed by atoms with Crippen molar-refractivity contribution in [3.8, 4) is 0 Å². The fourth-order valence-corrected chi connectivity index (χ4v) is 5.93. The molecule has 1 atom stereocenters. The number of likely N-dealkylation sites (tertiary alicyclic amines) is 1. The molecule has 0 aliphatic carbocycles. The summed E-state index contributed by atoms with van der Waals surface area (Å²) in [6.07, 6.45) is 1.54. The lowest BCUT2D eigenvalue weighted by Gasteiger charge is -2.47. The molecule has 7 heteroatoms. The van der Waals surface area contributed by atoms with Gasteiger partial charge >= 0.3 is 0 Å². The van der Waals surface area contributed by atoms with Crippen molar-refractivity contribution in [2.45, 2.75) is 44.3 Å². The van der Waals surface area contributed by atoms with E-state index < -0.39 is 0 Å². The summed E-state index contributed by atoms with van der Waals surface area (Å²) in [6.45, 7) is 8.09. The lowest BCUT2D eigenvalue weighted by Crippen LogP contribution is -2.58. The van der Waals surface area contributed by atoms with Crippen LogP contribution in [0.15, 0.2) is 11.4 Å². The Labute approximate surface area is 151 Å². The highest BCUT2D eigenvalue weighted by Gasteiger charge is 2.49. The van der Waals surface area contributed by atoms with Crippen LogP contribution in [0.4, 0.5) is 0 Å². The summed E-state index contributed by atoms with van der Waals surface area (Å²) >= 11 is 3.79. The molecule has 130 valence electrons. The molecule has 4 rings (SSSR count). The molecule has 1 spiro atoms. The predicted molar refractivity (Wildman–Crippen MR) is 98.5 cm³/mol. The molecule has 0 bridgehead atoms. The summed E-state index contributed by atoms with van der Waals surface area (Å²) < 4.78 is 8.52. The molecule has 24 heavy (non-hydrogen) atoms. The predicted octanol–water partition coefficient (Wildman–Crippen LogP) is 2.77. The van der Waals surface area contributed by atoms with Crippen molar-refractivity contribution in [3.05, 3.63) is 33.5 Å². The van der Waals surface area contributed by atoms with Crippen LogP contribution in [-0.2, 0) is 24.9 Å². The van der Waals surface area contributed by atoms with Crippen LogP contribution in [0, 0.1) is 13.8 Å². The molecule has 0 amide bonds. The van der Waals surface area contributed by atoms with Crippen molar-refractivity contribution in [2.75, 3.05) is 18.8 Å². The van der Waals surface area contributed by atoms with Gasteiger partial charge in [0.25, 0.3) is 0 Å². The summed E-state index contributed by atoms with van der Waals surface area (Å²) in [7, 11) is 2.03. The second-order valence-corrected chi connectivity index (χ2v) is 9.59. The summed E-state index contributed by atoms with van der Waals surface area (Å²) in [5, 5.41) is 7.66. The van der Waals surface area contributed by atoms with Crippen LogP contribution >= 0.6 is 23.1 Å². The van der Waals surface area contributed by atoms with Gasteiger partial charge in [0.05, 0.1) is 34.8 Å². The van der Waals surface area contributed by atoms with Crippen LogP contribution in [0.25, 0.3) is 0 Å². The van der Waals surface area contributed by atoms with Gasteiger partial charge in [-0.1, -0.05) is 0 Å². The van der Waals surface area contributed by atoms with Crippen molar-refractivity contribution < 1.29 is 4.74 Å². The van der Waals surface area contributed by atoms with Crippen molar-refractivity contribution in [3.63, 3.8) is 0 Å². The van der Waals surface area contributed by atoms with Gasteiger partial charge in [-0.15, -0.1) is 23.1 Å². The van der Waals surface area contributed by atoms with E-state index in [1.807, 2.05) is 18.7 Å². The van der Waals surface area contributed by atoms with Crippen LogP contribution in [-0.4, -0.2) is 49.4 Å². The molecular formula is C17H24N4OS2. The van der Waals surface area contributed by atoms with Crippen LogP contribution in [0.1, 0.15) is 28.5 Å².